The van der Waals surface area contributed by atoms with Gasteiger partial charge in [-0.15, -0.1) is 0 Å². The Hall–Kier alpha value is -2.09. The number of nitrogens with one attached hydrogen (secondary N) is 1. The van der Waals surface area contributed by atoms with Gasteiger partial charge >= 0.3 is 6.09 Å². The lowest BCUT2D eigenvalue weighted by Crippen LogP contribution is -2.45. The van der Waals surface area contributed by atoms with Crippen molar-refractivity contribution >= 4 is 39.5 Å². The van der Waals surface area contributed by atoms with Gasteiger partial charge in [0.15, 0.2) is 0 Å². The second-order valence-electron chi connectivity index (χ2n) is 11.3. The van der Waals surface area contributed by atoms with Gasteiger partial charge < -0.3 is 19.9 Å². The fraction of sp³-hybridized carbons (Fsp3) is 0.517. The molecule has 6 nitrogen and oxygen atoms in total. The van der Waals surface area contributed by atoms with Crippen molar-refractivity contribution in [3.63, 3.8) is 0 Å². The molecule has 2 amide bonds. The Bertz CT molecular complexity index is 1090. The second kappa shape index (κ2) is 11.7. The van der Waals surface area contributed by atoms with Crippen LogP contribution >= 0.6 is 27.5 Å². The number of hydrogen-bond donors (Lipinski definition) is 1. The van der Waals surface area contributed by atoms with Crippen LogP contribution in [-0.2, 0) is 16.1 Å². The Morgan fingerprint density at radius 1 is 1.11 bits per heavy atom. The van der Waals surface area contributed by atoms with Crippen LogP contribution in [0.3, 0.4) is 0 Å². The summed E-state index contributed by atoms with van der Waals surface area (Å²) in [5, 5.41) is 3.67. The zero-order chi connectivity index (χ0) is 26.6. The largest absolute Gasteiger partial charge is 0.444 e. The van der Waals surface area contributed by atoms with Crippen molar-refractivity contribution < 1.29 is 14.3 Å². The van der Waals surface area contributed by atoms with Crippen LogP contribution in [0.1, 0.15) is 63.6 Å². The van der Waals surface area contributed by atoms with Crippen molar-refractivity contribution in [3.8, 4) is 0 Å². The number of carbonyl (C=O) groups excluding carboxylic acids is 2. The fourth-order valence-electron chi connectivity index (χ4n) is 5.33. The van der Waals surface area contributed by atoms with E-state index in [2.05, 4.69) is 38.3 Å². The number of carbonyl (C=O) groups is 2. The van der Waals surface area contributed by atoms with E-state index in [1.54, 1.807) is 0 Å². The van der Waals surface area contributed by atoms with Crippen molar-refractivity contribution in [2.24, 2.45) is 5.41 Å². The molecule has 0 aromatic heterocycles. The van der Waals surface area contributed by atoms with Crippen LogP contribution in [0.15, 0.2) is 53.0 Å². The second-order valence-corrected chi connectivity index (χ2v) is 12.6. The SMILES string of the molecule is CC(C)(C)OC(=O)NC(CCN1CCC2(CC1)CCN(Cc1ccc(Br)cc1)C2=O)c1cccc(Cl)c1. The van der Waals surface area contributed by atoms with Crippen LogP contribution in [0.2, 0.25) is 5.02 Å². The first-order chi connectivity index (χ1) is 17.5. The molecule has 0 aliphatic carbocycles. The number of likely N-dealkylation sites (tertiary alicyclic amines) is 2. The molecule has 0 bridgehead atoms. The van der Waals surface area contributed by atoms with Crippen molar-refractivity contribution in [3.05, 3.63) is 69.2 Å². The van der Waals surface area contributed by atoms with Crippen molar-refractivity contribution in [1.29, 1.82) is 0 Å². The van der Waals surface area contributed by atoms with E-state index in [-0.39, 0.29) is 11.5 Å². The summed E-state index contributed by atoms with van der Waals surface area (Å²) in [6.07, 6.45) is 2.99. The van der Waals surface area contributed by atoms with Crippen molar-refractivity contribution in [2.45, 2.75) is 64.6 Å². The zero-order valence-electron chi connectivity index (χ0n) is 21.9. The van der Waals surface area contributed by atoms with Gasteiger partial charge in [-0.2, -0.15) is 0 Å². The fourth-order valence-corrected chi connectivity index (χ4v) is 5.79. The molecule has 8 heteroatoms. The average Bonchev–Trinajstić information content (AvgIpc) is 3.13. The molecule has 1 N–H and O–H groups in total. The number of nitrogens with zero attached hydrogens (tertiary/aromatic N) is 2. The highest BCUT2D eigenvalue weighted by Gasteiger charge is 2.47. The van der Waals surface area contributed by atoms with Gasteiger partial charge in [0.25, 0.3) is 0 Å². The maximum absolute atomic E-state index is 13.4. The Labute approximate surface area is 233 Å². The lowest BCUT2D eigenvalue weighted by Gasteiger charge is -2.38. The zero-order valence-corrected chi connectivity index (χ0v) is 24.3. The summed E-state index contributed by atoms with van der Waals surface area (Å²) in [5.74, 6) is 0.304. The summed E-state index contributed by atoms with van der Waals surface area (Å²) < 4.78 is 6.55. The van der Waals surface area contributed by atoms with E-state index in [0.717, 1.165) is 67.5 Å². The Kier molecular flexibility index (Phi) is 8.87. The van der Waals surface area contributed by atoms with Crippen molar-refractivity contribution in [2.75, 3.05) is 26.2 Å². The van der Waals surface area contributed by atoms with Crippen LogP contribution in [0, 0.1) is 5.41 Å². The number of benzene rings is 2. The smallest absolute Gasteiger partial charge is 0.408 e. The molecule has 0 radical (unpaired) electrons. The number of rotatable bonds is 7. The monoisotopic (exact) mass is 589 g/mol. The van der Waals surface area contributed by atoms with Crippen molar-refractivity contribution in [1.82, 2.24) is 15.1 Å². The highest BCUT2D eigenvalue weighted by Crippen LogP contribution is 2.42. The highest BCUT2D eigenvalue weighted by atomic mass is 79.9. The molecule has 2 heterocycles. The Balaban J connectivity index is 1.32. The van der Waals surface area contributed by atoms with E-state index in [1.807, 2.05) is 62.1 Å². The summed E-state index contributed by atoms with van der Waals surface area (Å²) in [6, 6.07) is 15.6. The van der Waals surface area contributed by atoms with Gasteiger partial charge in [0.2, 0.25) is 5.91 Å². The quantitative estimate of drug-likeness (QED) is 0.396. The third-order valence-electron chi connectivity index (χ3n) is 7.38. The Morgan fingerprint density at radius 2 is 1.78 bits per heavy atom. The minimum Gasteiger partial charge on any atom is -0.444 e. The van der Waals surface area contributed by atoms with Crippen LogP contribution in [0.4, 0.5) is 4.79 Å². The maximum atomic E-state index is 13.4. The van der Waals surface area contributed by atoms with Crippen LogP contribution < -0.4 is 5.32 Å². The number of alkyl carbamates (subject to hydrolysis) is 1. The molecule has 1 spiro atoms. The van der Waals surface area contributed by atoms with Gasteiger partial charge in [0.05, 0.1) is 11.5 Å². The molecule has 0 saturated carbocycles. The van der Waals surface area contributed by atoms with Gasteiger partial charge in [-0.25, -0.2) is 4.79 Å². The van der Waals surface area contributed by atoms with Gasteiger partial charge in [-0.05, 0) is 94.9 Å². The van der Waals surface area contributed by atoms with E-state index < -0.39 is 11.7 Å². The third-order valence-corrected chi connectivity index (χ3v) is 8.14. The highest BCUT2D eigenvalue weighted by molar-refractivity contribution is 9.10. The number of piperidine rings is 1. The molecule has 1 unspecified atom stereocenters. The number of amides is 2. The first-order valence-corrected chi connectivity index (χ1v) is 14.2. The van der Waals surface area contributed by atoms with E-state index in [0.29, 0.717) is 17.5 Å². The van der Waals surface area contributed by atoms with Crippen LogP contribution in [0.5, 0.6) is 0 Å². The van der Waals surface area contributed by atoms with Crippen LogP contribution in [0.25, 0.3) is 0 Å². The van der Waals surface area contributed by atoms with Gasteiger partial charge in [-0.3, -0.25) is 4.79 Å². The summed E-state index contributed by atoms with van der Waals surface area (Å²) in [5.41, 5.74) is 1.33. The molecule has 37 heavy (non-hydrogen) atoms. The standard InChI is InChI=1S/C29H37BrClN3O3/c1-28(2,3)37-27(36)32-25(22-5-4-6-24(31)19-22)11-15-33-16-12-29(13-17-33)14-18-34(26(29)35)20-21-7-9-23(30)10-8-21/h4-10,19,25H,11-18,20H2,1-3H3,(H,32,36). The normalized spacial score (nSPS) is 18.7. The average molecular weight is 591 g/mol. The molecular weight excluding hydrogens is 554 g/mol. The predicted octanol–water partition coefficient (Wildman–Crippen LogP) is 6.57. The first-order valence-electron chi connectivity index (χ1n) is 13.0. The topological polar surface area (TPSA) is 61.9 Å². The summed E-state index contributed by atoms with van der Waals surface area (Å²) in [7, 11) is 0. The first kappa shape index (κ1) is 27.9. The molecule has 1 atom stereocenters. The molecule has 2 aliphatic rings. The minimum absolute atomic E-state index is 0.209. The molecule has 2 aromatic carbocycles. The molecule has 2 fully saturated rings. The lowest BCUT2D eigenvalue weighted by atomic mass is 9.77. The van der Waals surface area contributed by atoms with E-state index in [9.17, 15) is 9.59 Å². The minimum atomic E-state index is -0.566. The lowest BCUT2D eigenvalue weighted by molar-refractivity contribution is -0.138. The van der Waals surface area contributed by atoms with E-state index in [1.165, 1.54) is 0 Å². The number of hydrogen-bond acceptors (Lipinski definition) is 4. The van der Waals surface area contributed by atoms with Gasteiger partial charge in [0, 0.05) is 29.1 Å². The maximum Gasteiger partial charge on any atom is 0.408 e. The molecule has 4 rings (SSSR count). The van der Waals surface area contributed by atoms with Gasteiger partial charge in [0.1, 0.15) is 5.60 Å². The van der Waals surface area contributed by atoms with Gasteiger partial charge in [-0.1, -0.05) is 51.8 Å². The molecule has 200 valence electrons. The molecule has 2 aliphatic heterocycles. The summed E-state index contributed by atoms with van der Waals surface area (Å²) in [4.78, 5) is 30.4. The van der Waals surface area contributed by atoms with E-state index in [4.69, 9.17) is 16.3 Å². The van der Waals surface area contributed by atoms with E-state index >= 15 is 0 Å². The third kappa shape index (κ3) is 7.49. The predicted molar refractivity (Wildman–Crippen MR) is 150 cm³/mol. The number of ether oxygens (including phenoxy) is 1. The molecule has 2 aromatic rings. The summed E-state index contributed by atoms with van der Waals surface area (Å²) >= 11 is 9.72. The Morgan fingerprint density at radius 3 is 2.43 bits per heavy atom. The van der Waals surface area contributed by atoms with Crippen LogP contribution in [-0.4, -0.2) is 53.6 Å². The molecule has 2 saturated heterocycles. The summed E-state index contributed by atoms with van der Waals surface area (Å²) in [6.45, 7) is 9.65. The molecular formula is C29H37BrClN3O3. The number of halogens is 2.